The average molecular weight is 657 g/mol. The molecule has 0 spiro atoms. The second kappa shape index (κ2) is 12.3. The lowest BCUT2D eigenvalue weighted by Gasteiger charge is -2.18. The normalized spacial score (nSPS) is 11.5. The Bertz CT molecular complexity index is 1610. The first-order valence-electron chi connectivity index (χ1n) is 12.7. The molecule has 1 heterocycles. The molecule has 0 aliphatic heterocycles. The van der Waals surface area contributed by atoms with Gasteiger partial charge in [0.2, 0.25) is 0 Å². The Morgan fingerprint density at radius 1 is 1.03 bits per heavy atom. The first-order valence-corrected chi connectivity index (χ1v) is 14.3. The van der Waals surface area contributed by atoms with Crippen molar-refractivity contribution in [2.45, 2.75) is 40.5 Å². The van der Waals surface area contributed by atoms with Crippen LogP contribution < -0.4 is 19.8 Å². The zero-order valence-corrected chi connectivity index (χ0v) is 26.0. The van der Waals surface area contributed by atoms with Gasteiger partial charge in [0, 0.05) is 15.6 Å². The Morgan fingerprint density at radius 3 is 2.38 bits per heavy atom. The average Bonchev–Trinajstić information content (AvgIpc) is 2.91. The van der Waals surface area contributed by atoms with E-state index in [-0.39, 0.29) is 11.5 Å². The van der Waals surface area contributed by atoms with E-state index in [1.165, 1.54) is 4.68 Å². The fourth-order valence-electron chi connectivity index (χ4n) is 4.35. The molecule has 0 saturated carbocycles. The van der Waals surface area contributed by atoms with Crippen LogP contribution in [0.3, 0.4) is 0 Å². The topological polar surface area (TPSA) is 74.9 Å². The summed E-state index contributed by atoms with van der Waals surface area (Å²) >= 11 is 7.20. The minimum absolute atomic E-state index is 0.208. The predicted octanol–water partition coefficient (Wildman–Crippen LogP) is 7.71. The highest BCUT2D eigenvalue weighted by Gasteiger charge is 2.20. The lowest BCUT2D eigenvalue weighted by Crippen LogP contribution is -2.21. The summed E-state index contributed by atoms with van der Waals surface area (Å²) in [5.41, 5.74) is 3.82. The van der Waals surface area contributed by atoms with Crippen LogP contribution in [0.15, 0.2) is 61.3 Å². The standard InChI is InChI=1S/C30H31Br2N3O4/c1-7-38-24-13-18(5)22(15-21(24)17(3)4)29-34-23-12-10-9-11-20(23)30(36)35(29)33-16-19-14-25(39-8-2)28(37-6)27(32)26(19)31/h9-17H,7-8H2,1-6H3. The molecular weight excluding hydrogens is 626 g/mol. The maximum Gasteiger partial charge on any atom is 0.282 e. The summed E-state index contributed by atoms with van der Waals surface area (Å²) in [4.78, 5) is 18.7. The number of hydrogen-bond acceptors (Lipinski definition) is 6. The number of para-hydroxylation sites is 1. The lowest BCUT2D eigenvalue weighted by atomic mass is 9.96. The smallest absolute Gasteiger partial charge is 0.282 e. The van der Waals surface area contributed by atoms with Crippen LogP contribution in [0.25, 0.3) is 22.3 Å². The van der Waals surface area contributed by atoms with Crippen molar-refractivity contribution in [1.29, 1.82) is 0 Å². The summed E-state index contributed by atoms with van der Waals surface area (Å²) in [6.07, 6.45) is 1.62. The monoisotopic (exact) mass is 655 g/mol. The van der Waals surface area contributed by atoms with Gasteiger partial charge in [0.15, 0.2) is 17.3 Å². The van der Waals surface area contributed by atoms with Crippen molar-refractivity contribution in [3.63, 3.8) is 0 Å². The number of rotatable bonds is 9. The number of nitrogens with zero attached hydrogens (tertiary/aromatic N) is 3. The maximum atomic E-state index is 13.8. The van der Waals surface area contributed by atoms with E-state index in [2.05, 4.69) is 56.9 Å². The van der Waals surface area contributed by atoms with Crippen molar-refractivity contribution in [3.05, 3.63) is 78.5 Å². The van der Waals surface area contributed by atoms with Gasteiger partial charge in [0.05, 0.1) is 41.9 Å². The molecule has 0 radical (unpaired) electrons. The van der Waals surface area contributed by atoms with Gasteiger partial charge < -0.3 is 14.2 Å². The Hall–Kier alpha value is -3.17. The predicted molar refractivity (Wildman–Crippen MR) is 164 cm³/mol. The van der Waals surface area contributed by atoms with Gasteiger partial charge in [0.25, 0.3) is 5.56 Å². The van der Waals surface area contributed by atoms with E-state index < -0.39 is 0 Å². The van der Waals surface area contributed by atoms with Gasteiger partial charge in [-0.3, -0.25) is 4.79 Å². The Labute approximate surface area is 245 Å². The van der Waals surface area contributed by atoms with Gasteiger partial charge in [-0.15, -0.1) is 0 Å². The first-order chi connectivity index (χ1) is 18.7. The number of aromatic nitrogens is 2. The molecule has 0 amide bonds. The molecule has 3 aromatic carbocycles. The Balaban J connectivity index is 1.98. The largest absolute Gasteiger partial charge is 0.494 e. The van der Waals surface area contributed by atoms with Crippen LogP contribution in [0.2, 0.25) is 0 Å². The van der Waals surface area contributed by atoms with Gasteiger partial charge in [0.1, 0.15) is 5.75 Å². The van der Waals surface area contributed by atoms with Crippen molar-refractivity contribution in [2.75, 3.05) is 20.3 Å². The third kappa shape index (κ3) is 5.75. The molecule has 0 aliphatic carbocycles. The van der Waals surface area contributed by atoms with Crippen LogP contribution in [0.1, 0.15) is 50.3 Å². The molecule has 0 aliphatic rings. The molecule has 4 aromatic rings. The number of fused-ring (bicyclic) bond motifs is 1. The fraction of sp³-hybridized carbons (Fsp3) is 0.300. The third-order valence-electron chi connectivity index (χ3n) is 6.25. The highest BCUT2D eigenvalue weighted by Crippen LogP contribution is 2.42. The van der Waals surface area contributed by atoms with Crippen molar-refractivity contribution in [1.82, 2.24) is 9.66 Å². The SMILES string of the molecule is CCOc1cc(C)c(-c2nc3ccccc3c(=O)n2N=Cc2cc(OCC)c(OC)c(Br)c2Br)cc1C(C)C. The fourth-order valence-corrected chi connectivity index (χ4v) is 5.33. The molecule has 0 unspecified atom stereocenters. The van der Waals surface area contributed by atoms with Crippen LogP contribution in [0, 0.1) is 6.92 Å². The summed E-state index contributed by atoms with van der Waals surface area (Å²) in [5, 5.41) is 5.16. The molecule has 0 N–H and O–H groups in total. The molecule has 0 atom stereocenters. The zero-order valence-electron chi connectivity index (χ0n) is 22.8. The molecule has 0 saturated heterocycles. The number of aryl methyl sites for hydroxylation is 1. The third-order valence-corrected chi connectivity index (χ3v) is 8.39. The zero-order chi connectivity index (χ0) is 28.3. The van der Waals surface area contributed by atoms with E-state index >= 15 is 0 Å². The summed E-state index contributed by atoms with van der Waals surface area (Å²) in [6.45, 7) is 11.1. The summed E-state index contributed by atoms with van der Waals surface area (Å²) < 4.78 is 20.0. The maximum absolute atomic E-state index is 13.8. The lowest BCUT2D eigenvalue weighted by molar-refractivity contribution is 0.309. The van der Waals surface area contributed by atoms with E-state index in [0.717, 1.165) is 22.4 Å². The molecule has 0 bridgehead atoms. The van der Waals surface area contributed by atoms with E-state index in [9.17, 15) is 4.79 Å². The minimum Gasteiger partial charge on any atom is -0.494 e. The number of halogens is 2. The highest BCUT2D eigenvalue weighted by molar-refractivity contribution is 9.13. The van der Waals surface area contributed by atoms with Gasteiger partial charge in [-0.2, -0.15) is 9.78 Å². The second-order valence-corrected chi connectivity index (χ2v) is 10.8. The number of hydrogen-bond donors (Lipinski definition) is 0. The minimum atomic E-state index is -0.264. The van der Waals surface area contributed by atoms with Crippen LogP contribution in [0.4, 0.5) is 0 Å². The van der Waals surface area contributed by atoms with E-state index in [1.54, 1.807) is 19.4 Å². The van der Waals surface area contributed by atoms with Gasteiger partial charge in [-0.05, 0) is 100 Å². The van der Waals surface area contributed by atoms with Crippen molar-refractivity contribution in [2.24, 2.45) is 5.10 Å². The van der Waals surface area contributed by atoms with Crippen LogP contribution in [0.5, 0.6) is 17.2 Å². The van der Waals surface area contributed by atoms with Crippen molar-refractivity contribution >= 4 is 49.0 Å². The Kier molecular flexibility index (Phi) is 9.12. The van der Waals surface area contributed by atoms with Gasteiger partial charge in [-0.25, -0.2) is 4.98 Å². The van der Waals surface area contributed by atoms with Crippen LogP contribution >= 0.6 is 31.9 Å². The van der Waals surface area contributed by atoms with E-state index in [4.69, 9.17) is 19.2 Å². The van der Waals surface area contributed by atoms with Gasteiger partial charge in [-0.1, -0.05) is 26.0 Å². The number of ether oxygens (including phenoxy) is 3. The second-order valence-electron chi connectivity index (χ2n) is 9.16. The first kappa shape index (κ1) is 28.8. The summed E-state index contributed by atoms with van der Waals surface area (Å²) in [5.74, 6) is 2.62. The highest BCUT2D eigenvalue weighted by atomic mass is 79.9. The van der Waals surface area contributed by atoms with Crippen molar-refractivity contribution < 1.29 is 14.2 Å². The molecule has 39 heavy (non-hydrogen) atoms. The quantitative estimate of drug-likeness (QED) is 0.173. The molecule has 7 nitrogen and oxygen atoms in total. The number of benzene rings is 3. The summed E-state index contributed by atoms with van der Waals surface area (Å²) in [6, 6.07) is 13.2. The molecule has 204 valence electrons. The molecule has 9 heteroatoms. The van der Waals surface area contributed by atoms with Gasteiger partial charge >= 0.3 is 0 Å². The van der Waals surface area contributed by atoms with Crippen LogP contribution in [-0.2, 0) is 0 Å². The van der Waals surface area contributed by atoms with E-state index in [1.807, 2.05) is 51.1 Å². The van der Waals surface area contributed by atoms with E-state index in [0.29, 0.717) is 55.9 Å². The van der Waals surface area contributed by atoms with Crippen LogP contribution in [-0.4, -0.2) is 36.2 Å². The molecule has 1 aromatic heterocycles. The molecule has 0 fully saturated rings. The number of methoxy groups -OCH3 is 1. The summed E-state index contributed by atoms with van der Waals surface area (Å²) in [7, 11) is 1.58. The molecular formula is C30H31Br2N3O4. The molecule has 4 rings (SSSR count). The van der Waals surface area contributed by atoms with Crippen molar-refractivity contribution in [3.8, 4) is 28.6 Å². The Morgan fingerprint density at radius 2 is 1.72 bits per heavy atom.